The summed E-state index contributed by atoms with van der Waals surface area (Å²) in [5.74, 6) is -0.00294. The first-order valence-corrected chi connectivity index (χ1v) is 8.34. The molecule has 2 aromatic rings. The van der Waals surface area contributed by atoms with Gasteiger partial charge in [0, 0.05) is 19.2 Å². The van der Waals surface area contributed by atoms with Crippen LogP contribution < -0.4 is 5.32 Å². The van der Waals surface area contributed by atoms with Crippen molar-refractivity contribution in [2.75, 3.05) is 11.9 Å². The van der Waals surface area contributed by atoms with E-state index in [4.69, 9.17) is 4.74 Å². The Hall–Kier alpha value is -1.79. The van der Waals surface area contributed by atoms with Crippen molar-refractivity contribution in [1.29, 1.82) is 0 Å². The van der Waals surface area contributed by atoms with Crippen molar-refractivity contribution in [2.24, 2.45) is 0 Å². The molecule has 0 radical (unpaired) electrons. The summed E-state index contributed by atoms with van der Waals surface area (Å²) in [7, 11) is 0. The van der Waals surface area contributed by atoms with E-state index in [-0.39, 0.29) is 12.0 Å². The number of amides is 1. The number of hydrogen-bond donors (Lipinski definition) is 1. The van der Waals surface area contributed by atoms with E-state index in [0.29, 0.717) is 11.6 Å². The van der Waals surface area contributed by atoms with Gasteiger partial charge in [-0.25, -0.2) is 4.98 Å². The van der Waals surface area contributed by atoms with Crippen molar-refractivity contribution in [2.45, 2.75) is 38.7 Å². The molecule has 3 rings (SSSR count). The summed E-state index contributed by atoms with van der Waals surface area (Å²) in [5.41, 5.74) is 1.77. The second kappa shape index (κ2) is 6.98. The molecule has 1 fully saturated rings. The molecule has 0 spiro atoms. The summed E-state index contributed by atoms with van der Waals surface area (Å²) in [6, 6.07) is 5.78. The molecule has 1 atom stereocenters. The normalized spacial score (nSPS) is 17.6. The van der Waals surface area contributed by atoms with Crippen LogP contribution in [0.2, 0.25) is 0 Å². The predicted molar refractivity (Wildman–Crippen MR) is 86.9 cm³/mol. The molecule has 0 unspecified atom stereocenters. The molecule has 3 heterocycles. The Bertz CT molecular complexity index is 636. The molecule has 1 aliphatic rings. The standard InChI is InChI=1S/C16H19N3O2S/c1-11-15(13-6-2-3-9-17-13)22-16(18-11)19-14(20)8-7-12-5-4-10-21-12/h2-3,6,9,12H,4-5,7-8,10H2,1H3,(H,18,19,20)/t12-/m1/s1. The van der Waals surface area contributed by atoms with Crippen LogP contribution in [0.3, 0.4) is 0 Å². The molecule has 0 bridgehead atoms. The molecule has 2 aromatic heterocycles. The molecular weight excluding hydrogens is 298 g/mol. The van der Waals surface area contributed by atoms with Gasteiger partial charge in [0.05, 0.1) is 22.4 Å². The Kier molecular flexibility index (Phi) is 4.80. The fourth-order valence-electron chi connectivity index (χ4n) is 2.53. The van der Waals surface area contributed by atoms with Gasteiger partial charge in [-0.05, 0) is 38.3 Å². The molecule has 6 heteroatoms. The number of ether oxygens (including phenoxy) is 1. The zero-order valence-corrected chi connectivity index (χ0v) is 13.4. The van der Waals surface area contributed by atoms with E-state index in [2.05, 4.69) is 15.3 Å². The second-order valence-corrected chi connectivity index (χ2v) is 6.37. The van der Waals surface area contributed by atoms with Crippen LogP contribution in [0.25, 0.3) is 10.6 Å². The number of aromatic nitrogens is 2. The summed E-state index contributed by atoms with van der Waals surface area (Å²) >= 11 is 1.46. The van der Waals surface area contributed by atoms with Crippen molar-refractivity contribution in [3.05, 3.63) is 30.1 Å². The van der Waals surface area contributed by atoms with Gasteiger partial charge in [-0.1, -0.05) is 17.4 Å². The number of aryl methyl sites for hydroxylation is 1. The third-order valence-electron chi connectivity index (χ3n) is 3.66. The molecule has 0 aliphatic carbocycles. The fourth-order valence-corrected chi connectivity index (χ4v) is 3.49. The van der Waals surface area contributed by atoms with Crippen LogP contribution in [0.15, 0.2) is 24.4 Å². The molecule has 1 amide bonds. The molecular formula is C16H19N3O2S. The second-order valence-electron chi connectivity index (χ2n) is 5.37. The van der Waals surface area contributed by atoms with Crippen LogP contribution >= 0.6 is 11.3 Å². The minimum Gasteiger partial charge on any atom is -0.378 e. The maximum Gasteiger partial charge on any atom is 0.226 e. The van der Waals surface area contributed by atoms with Crippen molar-refractivity contribution < 1.29 is 9.53 Å². The zero-order valence-electron chi connectivity index (χ0n) is 12.5. The van der Waals surface area contributed by atoms with E-state index in [1.165, 1.54) is 11.3 Å². The number of hydrogen-bond acceptors (Lipinski definition) is 5. The van der Waals surface area contributed by atoms with Crippen LogP contribution in [0.4, 0.5) is 5.13 Å². The highest BCUT2D eigenvalue weighted by Gasteiger charge is 2.18. The van der Waals surface area contributed by atoms with Gasteiger partial charge in [0.25, 0.3) is 0 Å². The Labute approximate surface area is 133 Å². The highest BCUT2D eigenvalue weighted by molar-refractivity contribution is 7.19. The minimum atomic E-state index is -0.00294. The van der Waals surface area contributed by atoms with Gasteiger partial charge in [0.1, 0.15) is 0 Å². The summed E-state index contributed by atoms with van der Waals surface area (Å²) in [4.78, 5) is 21.8. The third kappa shape index (κ3) is 3.69. The number of thiazole rings is 1. The largest absolute Gasteiger partial charge is 0.378 e. The Morgan fingerprint density at radius 2 is 2.41 bits per heavy atom. The van der Waals surface area contributed by atoms with Crippen LogP contribution in [0.5, 0.6) is 0 Å². The number of pyridine rings is 1. The Balaban J connectivity index is 1.59. The van der Waals surface area contributed by atoms with Crippen LogP contribution in [0, 0.1) is 6.92 Å². The van der Waals surface area contributed by atoms with E-state index < -0.39 is 0 Å². The van der Waals surface area contributed by atoms with E-state index in [9.17, 15) is 4.79 Å². The van der Waals surface area contributed by atoms with Gasteiger partial charge in [-0.15, -0.1) is 0 Å². The lowest BCUT2D eigenvalue weighted by molar-refractivity contribution is -0.116. The van der Waals surface area contributed by atoms with Crippen molar-refractivity contribution in [3.63, 3.8) is 0 Å². The van der Waals surface area contributed by atoms with Crippen LogP contribution in [-0.4, -0.2) is 28.6 Å². The van der Waals surface area contributed by atoms with Crippen molar-refractivity contribution in [3.8, 4) is 10.6 Å². The van der Waals surface area contributed by atoms with E-state index in [1.807, 2.05) is 25.1 Å². The van der Waals surface area contributed by atoms with Gasteiger partial charge in [0.15, 0.2) is 5.13 Å². The molecule has 0 saturated carbocycles. The number of rotatable bonds is 5. The lowest BCUT2D eigenvalue weighted by Gasteiger charge is -2.07. The van der Waals surface area contributed by atoms with E-state index in [0.717, 1.165) is 42.1 Å². The molecule has 1 aliphatic heterocycles. The van der Waals surface area contributed by atoms with Gasteiger partial charge in [-0.2, -0.15) is 0 Å². The summed E-state index contributed by atoms with van der Waals surface area (Å²) < 4.78 is 5.53. The first kappa shape index (κ1) is 15.1. The molecule has 116 valence electrons. The van der Waals surface area contributed by atoms with E-state index >= 15 is 0 Å². The number of anilines is 1. The Morgan fingerprint density at radius 3 is 3.14 bits per heavy atom. The Morgan fingerprint density at radius 1 is 1.50 bits per heavy atom. The first-order valence-electron chi connectivity index (χ1n) is 7.52. The first-order chi connectivity index (χ1) is 10.7. The van der Waals surface area contributed by atoms with Gasteiger partial charge >= 0.3 is 0 Å². The average molecular weight is 317 g/mol. The highest BCUT2D eigenvalue weighted by Crippen LogP contribution is 2.31. The quantitative estimate of drug-likeness (QED) is 0.918. The zero-order chi connectivity index (χ0) is 15.4. The lowest BCUT2D eigenvalue weighted by atomic mass is 10.1. The van der Waals surface area contributed by atoms with Gasteiger partial charge in [-0.3, -0.25) is 9.78 Å². The number of carbonyl (C=O) groups is 1. The molecule has 1 N–H and O–H groups in total. The number of nitrogens with one attached hydrogen (secondary N) is 1. The topological polar surface area (TPSA) is 64.1 Å². The lowest BCUT2D eigenvalue weighted by Crippen LogP contribution is -2.15. The van der Waals surface area contributed by atoms with Crippen molar-refractivity contribution in [1.82, 2.24) is 9.97 Å². The third-order valence-corrected chi connectivity index (χ3v) is 4.75. The van der Waals surface area contributed by atoms with E-state index in [1.54, 1.807) is 6.20 Å². The minimum absolute atomic E-state index is 0.00294. The van der Waals surface area contributed by atoms with Gasteiger partial charge < -0.3 is 10.1 Å². The maximum atomic E-state index is 12.0. The molecule has 22 heavy (non-hydrogen) atoms. The fraction of sp³-hybridized carbons (Fsp3) is 0.438. The van der Waals surface area contributed by atoms with Crippen LogP contribution in [-0.2, 0) is 9.53 Å². The molecule has 0 aromatic carbocycles. The molecule has 5 nitrogen and oxygen atoms in total. The van der Waals surface area contributed by atoms with Gasteiger partial charge in [0.2, 0.25) is 5.91 Å². The SMILES string of the molecule is Cc1nc(NC(=O)CC[C@H]2CCCO2)sc1-c1ccccn1. The number of nitrogens with zero attached hydrogens (tertiary/aromatic N) is 2. The van der Waals surface area contributed by atoms with Crippen LogP contribution in [0.1, 0.15) is 31.4 Å². The monoisotopic (exact) mass is 317 g/mol. The maximum absolute atomic E-state index is 12.0. The average Bonchev–Trinajstić information content (AvgIpc) is 3.16. The number of carbonyl (C=O) groups excluding carboxylic acids is 1. The smallest absolute Gasteiger partial charge is 0.226 e. The molecule has 1 saturated heterocycles. The summed E-state index contributed by atoms with van der Waals surface area (Å²) in [6.07, 6.45) is 5.42. The predicted octanol–water partition coefficient (Wildman–Crippen LogP) is 3.41. The summed E-state index contributed by atoms with van der Waals surface area (Å²) in [6.45, 7) is 2.76. The van der Waals surface area contributed by atoms with Crippen molar-refractivity contribution >= 4 is 22.4 Å². The highest BCUT2D eigenvalue weighted by atomic mass is 32.1. The summed E-state index contributed by atoms with van der Waals surface area (Å²) in [5, 5.41) is 3.52.